The number of thioether (sulfide) groups is 1. The predicted molar refractivity (Wildman–Crippen MR) is 83.4 cm³/mol. The normalized spacial score (nSPS) is 23.0. The van der Waals surface area contributed by atoms with E-state index in [2.05, 4.69) is 6.07 Å². The highest BCUT2D eigenvalue weighted by atomic mass is 32.2. The zero-order valence-electron chi connectivity index (χ0n) is 11.9. The summed E-state index contributed by atoms with van der Waals surface area (Å²) in [6, 6.07) is 6.00. The van der Waals surface area contributed by atoms with Crippen molar-refractivity contribution >= 4 is 21.8 Å². The summed E-state index contributed by atoms with van der Waals surface area (Å²) in [5.74, 6) is 2.56. The van der Waals surface area contributed by atoms with Gasteiger partial charge in [-0.1, -0.05) is 6.07 Å². The minimum absolute atomic E-state index is 0.173. The molecule has 1 saturated heterocycles. The fourth-order valence-electron chi connectivity index (χ4n) is 2.59. The molecule has 7 heteroatoms. The maximum absolute atomic E-state index is 12.0. The van der Waals surface area contributed by atoms with E-state index in [4.69, 9.17) is 9.47 Å². The molecule has 1 aromatic carbocycles. The van der Waals surface area contributed by atoms with Gasteiger partial charge in [-0.25, -0.2) is 12.7 Å². The third kappa shape index (κ3) is 3.14. The largest absolute Gasteiger partial charge is 0.454 e. The second-order valence-corrected chi connectivity index (χ2v) is 8.63. The molecular weight excluding hydrogens is 310 g/mol. The summed E-state index contributed by atoms with van der Waals surface area (Å²) in [6.07, 6.45) is 0.823. The average molecular weight is 329 g/mol. The lowest BCUT2D eigenvalue weighted by Gasteiger charge is -2.18. The van der Waals surface area contributed by atoms with Gasteiger partial charge in [0, 0.05) is 24.1 Å². The van der Waals surface area contributed by atoms with Crippen molar-refractivity contribution in [2.24, 2.45) is 0 Å². The summed E-state index contributed by atoms with van der Waals surface area (Å²) in [5, 5.41) is 0.302. The maximum Gasteiger partial charge on any atom is 0.231 e. The Labute approximate surface area is 129 Å². The number of ether oxygens (including phenoxy) is 2. The Kier molecular flexibility index (Phi) is 4.33. The van der Waals surface area contributed by atoms with E-state index in [1.54, 1.807) is 11.2 Å². The molecule has 1 unspecified atom stereocenters. The van der Waals surface area contributed by atoms with Crippen molar-refractivity contribution in [2.75, 3.05) is 31.4 Å². The fourth-order valence-corrected chi connectivity index (χ4v) is 5.05. The number of sulfonamides is 1. The lowest BCUT2D eigenvalue weighted by atomic mass is 10.1. The highest BCUT2D eigenvalue weighted by molar-refractivity contribution is 7.99. The molecule has 3 rings (SSSR count). The van der Waals surface area contributed by atoms with E-state index in [1.165, 1.54) is 5.56 Å². The van der Waals surface area contributed by atoms with Crippen molar-refractivity contribution in [3.63, 3.8) is 0 Å². The Balaban J connectivity index is 1.73. The Hall–Kier alpha value is -0.920. The Morgan fingerprint density at radius 2 is 2.10 bits per heavy atom. The van der Waals surface area contributed by atoms with Gasteiger partial charge in [-0.3, -0.25) is 0 Å². The van der Waals surface area contributed by atoms with E-state index in [-0.39, 0.29) is 12.5 Å². The standard InChI is InChI=1S/C14H19NO4S2/c1-2-21(16,17)15-6-5-14(20-8-7-15)11-3-4-12-13(9-11)19-10-18-12/h3-4,9,14H,2,5-8,10H2,1H3. The summed E-state index contributed by atoms with van der Waals surface area (Å²) in [6.45, 7) is 3.16. The molecule has 2 aliphatic heterocycles. The number of fused-ring (bicyclic) bond motifs is 1. The molecular formula is C14H19NO4S2. The van der Waals surface area contributed by atoms with Crippen LogP contribution in [0.1, 0.15) is 24.2 Å². The van der Waals surface area contributed by atoms with E-state index >= 15 is 0 Å². The lowest BCUT2D eigenvalue weighted by Crippen LogP contribution is -2.34. The lowest BCUT2D eigenvalue weighted by molar-refractivity contribution is 0.174. The molecule has 0 spiro atoms. The van der Waals surface area contributed by atoms with E-state index < -0.39 is 10.0 Å². The van der Waals surface area contributed by atoms with Crippen LogP contribution in [0, 0.1) is 0 Å². The molecule has 2 heterocycles. The summed E-state index contributed by atoms with van der Waals surface area (Å²) < 4.78 is 36.3. The monoisotopic (exact) mass is 329 g/mol. The first-order valence-electron chi connectivity index (χ1n) is 7.09. The molecule has 0 N–H and O–H groups in total. The molecule has 1 aromatic rings. The van der Waals surface area contributed by atoms with Gasteiger partial charge in [0.2, 0.25) is 16.8 Å². The van der Waals surface area contributed by atoms with Gasteiger partial charge in [0.25, 0.3) is 0 Å². The van der Waals surface area contributed by atoms with Gasteiger partial charge in [-0.2, -0.15) is 11.8 Å². The average Bonchev–Trinajstić information content (AvgIpc) is 2.80. The highest BCUT2D eigenvalue weighted by Crippen LogP contribution is 2.40. The zero-order valence-corrected chi connectivity index (χ0v) is 13.6. The second-order valence-electron chi connectivity index (χ2n) is 5.06. The summed E-state index contributed by atoms with van der Waals surface area (Å²) in [7, 11) is -3.08. The molecule has 116 valence electrons. The van der Waals surface area contributed by atoms with Crippen molar-refractivity contribution in [1.82, 2.24) is 4.31 Å². The SMILES string of the molecule is CCS(=O)(=O)N1CCSC(c2ccc3c(c2)OCO3)CC1. The number of rotatable bonds is 3. The van der Waals surface area contributed by atoms with Crippen LogP contribution in [0.3, 0.4) is 0 Å². The van der Waals surface area contributed by atoms with Crippen molar-refractivity contribution in [3.05, 3.63) is 23.8 Å². The quantitative estimate of drug-likeness (QED) is 0.851. The van der Waals surface area contributed by atoms with Gasteiger partial charge in [0.15, 0.2) is 11.5 Å². The topological polar surface area (TPSA) is 55.8 Å². The van der Waals surface area contributed by atoms with Gasteiger partial charge in [-0.05, 0) is 31.0 Å². The number of benzene rings is 1. The van der Waals surface area contributed by atoms with Crippen LogP contribution in [-0.2, 0) is 10.0 Å². The maximum atomic E-state index is 12.0. The molecule has 21 heavy (non-hydrogen) atoms. The van der Waals surface area contributed by atoms with E-state index in [9.17, 15) is 8.42 Å². The fraction of sp³-hybridized carbons (Fsp3) is 0.571. The van der Waals surface area contributed by atoms with Gasteiger partial charge >= 0.3 is 0 Å². The molecule has 0 amide bonds. The summed E-state index contributed by atoms with van der Waals surface area (Å²) >= 11 is 1.81. The first kappa shape index (κ1) is 15.0. The Morgan fingerprint density at radius 3 is 2.90 bits per heavy atom. The number of nitrogens with zero attached hydrogens (tertiary/aromatic N) is 1. The van der Waals surface area contributed by atoms with Crippen LogP contribution in [0.5, 0.6) is 11.5 Å². The second kappa shape index (κ2) is 6.06. The van der Waals surface area contributed by atoms with E-state index in [0.717, 1.165) is 23.7 Å². The van der Waals surface area contributed by atoms with Gasteiger partial charge in [0.05, 0.1) is 5.75 Å². The van der Waals surface area contributed by atoms with Crippen molar-refractivity contribution < 1.29 is 17.9 Å². The van der Waals surface area contributed by atoms with Crippen LogP contribution in [0.4, 0.5) is 0 Å². The van der Waals surface area contributed by atoms with Crippen LogP contribution in [0.25, 0.3) is 0 Å². The molecule has 2 aliphatic rings. The number of hydrogen-bond donors (Lipinski definition) is 0. The van der Waals surface area contributed by atoms with Gasteiger partial charge in [0.1, 0.15) is 0 Å². The van der Waals surface area contributed by atoms with Crippen LogP contribution >= 0.6 is 11.8 Å². The van der Waals surface area contributed by atoms with Crippen molar-refractivity contribution in [1.29, 1.82) is 0 Å². The Morgan fingerprint density at radius 1 is 1.29 bits per heavy atom. The van der Waals surface area contributed by atoms with Crippen LogP contribution in [0.15, 0.2) is 18.2 Å². The molecule has 1 atom stereocenters. The smallest absolute Gasteiger partial charge is 0.231 e. The third-order valence-electron chi connectivity index (χ3n) is 3.83. The molecule has 0 aromatic heterocycles. The number of hydrogen-bond acceptors (Lipinski definition) is 5. The van der Waals surface area contributed by atoms with Crippen LogP contribution < -0.4 is 9.47 Å². The van der Waals surface area contributed by atoms with Crippen molar-refractivity contribution in [3.8, 4) is 11.5 Å². The highest BCUT2D eigenvalue weighted by Gasteiger charge is 2.26. The van der Waals surface area contributed by atoms with E-state index in [1.807, 2.05) is 23.9 Å². The minimum atomic E-state index is -3.08. The van der Waals surface area contributed by atoms with Crippen LogP contribution in [-0.4, -0.2) is 44.1 Å². The predicted octanol–water partition coefficient (Wildman–Crippen LogP) is 2.25. The Bertz CT molecular complexity index is 617. The summed E-state index contributed by atoms with van der Waals surface area (Å²) in [4.78, 5) is 0. The van der Waals surface area contributed by atoms with Gasteiger partial charge in [-0.15, -0.1) is 0 Å². The molecule has 0 radical (unpaired) electrons. The minimum Gasteiger partial charge on any atom is -0.454 e. The van der Waals surface area contributed by atoms with Gasteiger partial charge < -0.3 is 9.47 Å². The molecule has 1 fully saturated rings. The first-order valence-corrected chi connectivity index (χ1v) is 9.75. The molecule has 0 aliphatic carbocycles. The van der Waals surface area contributed by atoms with E-state index in [0.29, 0.717) is 18.3 Å². The third-order valence-corrected chi connectivity index (χ3v) is 7.04. The van der Waals surface area contributed by atoms with Crippen LogP contribution in [0.2, 0.25) is 0 Å². The summed E-state index contributed by atoms with van der Waals surface area (Å²) in [5.41, 5.74) is 1.18. The zero-order chi connectivity index (χ0) is 14.9. The first-order chi connectivity index (χ1) is 10.1. The molecule has 0 bridgehead atoms. The molecule has 0 saturated carbocycles. The van der Waals surface area contributed by atoms with Crippen molar-refractivity contribution in [2.45, 2.75) is 18.6 Å². The molecule has 5 nitrogen and oxygen atoms in total.